The second-order valence-corrected chi connectivity index (χ2v) is 5.14. The Hall–Kier alpha value is -1.95. The smallest absolute Gasteiger partial charge is 0.176 e. The Morgan fingerprint density at radius 1 is 1.11 bits per heavy atom. The Balaban J connectivity index is 2.46. The maximum atomic E-state index is 5.29. The van der Waals surface area contributed by atoms with Crippen LogP contribution in [0.5, 0.6) is 0 Å². The van der Waals surface area contributed by atoms with Crippen LogP contribution in [0.2, 0.25) is 0 Å². The summed E-state index contributed by atoms with van der Waals surface area (Å²) in [5.41, 5.74) is 4.66. The van der Waals surface area contributed by atoms with Gasteiger partial charge in [0.25, 0.3) is 0 Å². The number of nitrogens with two attached hydrogens (primary N) is 1. The summed E-state index contributed by atoms with van der Waals surface area (Å²) < 4.78 is 1.85. The first-order valence-electron chi connectivity index (χ1n) is 6.43. The quantitative estimate of drug-likeness (QED) is 0.650. The molecule has 0 amide bonds. The standard InChI is InChI=1S/C13H20N6/c1-8(2)10-7-11(9(3)4)19(18-10)13-6-5-12(15-14)16-17-13/h5-9H,14H2,1-4H3,(H,15,16). The number of nitrogens with zero attached hydrogens (tertiary/aromatic N) is 4. The molecule has 0 aliphatic rings. The Kier molecular flexibility index (Phi) is 3.80. The molecule has 19 heavy (non-hydrogen) atoms. The number of hydrogen-bond donors (Lipinski definition) is 2. The fourth-order valence-corrected chi connectivity index (χ4v) is 1.81. The Morgan fingerprint density at radius 2 is 1.84 bits per heavy atom. The van der Waals surface area contributed by atoms with E-state index in [-0.39, 0.29) is 0 Å². The summed E-state index contributed by atoms with van der Waals surface area (Å²) in [6.45, 7) is 8.54. The lowest BCUT2D eigenvalue weighted by Gasteiger charge is -2.08. The van der Waals surface area contributed by atoms with Crippen molar-refractivity contribution in [2.24, 2.45) is 5.84 Å². The third-order valence-electron chi connectivity index (χ3n) is 2.95. The molecule has 0 saturated carbocycles. The molecule has 3 N–H and O–H groups in total. The second kappa shape index (κ2) is 5.36. The van der Waals surface area contributed by atoms with E-state index in [4.69, 9.17) is 5.84 Å². The number of nitrogens with one attached hydrogen (secondary N) is 1. The predicted molar refractivity (Wildman–Crippen MR) is 75.1 cm³/mol. The van der Waals surface area contributed by atoms with Crippen LogP contribution in [0.3, 0.4) is 0 Å². The van der Waals surface area contributed by atoms with Crippen molar-refractivity contribution in [3.8, 4) is 5.82 Å². The summed E-state index contributed by atoms with van der Waals surface area (Å²) in [6, 6.07) is 5.76. The summed E-state index contributed by atoms with van der Waals surface area (Å²) in [7, 11) is 0. The molecule has 102 valence electrons. The van der Waals surface area contributed by atoms with Crippen LogP contribution in [0, 0.1) is 0 Å². The molecule has 2 aromatic heterocycles. The van der Waals surface area contributed by atoms with Crippen molar-refractivity contribution in [3.63, 3.8) is 0 Å². The van der Waals surface area contributed by atoms with Crippen LogP contribution in [0.1, 0.15) is 50.9 Å². The van der Waals surface area contributed by atoms with Gasteiger partial charge in [0, 0.05) is 5.69 Å². The largest absolute Gasteiger partial charge is 0.307 e. The molecule has 0 aliphatic carbocycles. The molecule has 0 spiro atoms. The van der Waals surface area contributed by atoms with Gasteiger partial charge in [0.15, 0.2) is 11.6 Å². The molecule has 0 saturated heterocycles. The van der Waals surface area contributed by atoms with Crippen molar-refractivity contribution in [1.82, 2.24) is 20.0 Å². The maximum Gasteiger partial charge on any atom is 0.176 e. The van der Waals surface area contributed by atoms with E-state index in [1.54, 1.807) is 6.07 Å². The van der Waals surface area contributed by atoms with Gasteiger partial charge in [0.2, 0.25) is 0 Å². The molecule has 0 bridgehead atoms. The van der Waals surface area contributed by atoms with Gasteiger partial charge in [-0.05, 0) is 30.0 Å². The zero-order valence-electron chi connectivity index (χ0n) is 11.8. The highest BCUT2D eigenvalue weighted by Gasteiger charge is 2.15. The van der Waals surface area contributed by atoms with E-state index >= 15 is 0 Å². The summed E-state index contributed by atoms with van der Waals surface area (Å²) in [5.74, 6) is 7.28. The molecule has 0 atom stereocenters. The molecule has 0 unspecified atom stereocenters. The minimum Gasteiger partial charge on any atom is -0.307 e. The van der Waals surface area contributed by atoms with E-state index in [1.807, 2.05) is 10.7 Å². The normalized spacial score (nSPS) is 11.3. The van der Waals surface area contributed by atoms with Crippen molar-refractivity contribution in [3.05, 3.63) is 29.6 Å². The maximum absolute atomic E-state index is 5.29. The van der Waals surface area contributed by atoms with Crippen molar-refractivity contribution in [2.75, 3.05) is 5.43 Å². The van der Waals surface area contributed by atoms with Crippen molar-refractivity contribution in [1.29, 1.82) is 0 Å². The van der Waals surface area contributed by atoms with Gasteiger partial charge in [-0.2, -0.15) is 5.10 Å². The molecule has 0 aromatic carbocycles. The zero-order chi connectivity index (χ0) is 14.0. The van der Waals surface area contributed by atoms with Crippen LogP contribution in [0.25, 0.3) is 5.82 Å². The van der Waals surface area contributed by atoms with Crippen molar-refractivity contribution in [2.45, 2.75) is 39.5 Å². The SMILES string of the molecule is CC(C)c1cc(C(C)C)n(-c2ccc(NN)nn2)n1. The number of nitrogen functional groups attached to an aromatic ring is 1. The van der Waals surface area contributed by atoms with Gasteiger partial charge in [0.05, 0.1) is 5.69 Å². The van der Waals surface area contributed by atoms with Gasteiger partial charge < -0.3 is 5.43 Å². The lowest BCUT2D eigenvalue weighted by Crippen LogP contribution is -2.11. The van der Waals surface area contributed by atoms with Gasteiger partial charge in [-0.3, -0.25) is 0 Å². The number of hydrogen-bond acceptors (Lipinski definition) is 5. The van der Waals surface area contributed by atoms with Gasteiger partial charge in [-0.1, -0.05) is 27.7 Å². The molecule has 2 heterocycles. The molecular formula is C13H20N6. The van der Waals surface area contributed by atoms with Crippen molar-refractivity contribution < 1.29 is 0 Å². The van der Waals surface area contributed by atoms with E-state index < -0.39 is 0 Å². The van der Waals surface area contributed by atoms with Crippen LogP contribution >= 0.6 is 0 Å². The lowest BCUT2D eigenvalue weighted by molar-refractivity contribution is 0.694. The molecule has 0 fully saturated rings. The molecule has 2 aromatic rings. The van der Waals surface area contributed by atoms with Crippen LogP contribution in [-0.4, -0.2) is 20.0 Å². The predicted octanol–water partition coefficient (Wildman–Crippen LogP) is 2.19. The molecule has 0 radical (unpaired) electrons. The monoisotopic (exact) mass is 260 g/mol. The lowest BCUT2D eigenvalue weighted by atomic mass is 10.1. The average Bonchev–Trinajstić information content (AvgIpc) is 2.84. The van der Waals surface area contributed by atoms with Gasteiger partial charge in [-0.15, -0.1) is 10.2 Å². The number of anilines is 1. The van der Waals surface area contributed by atoms with E-state index in [9.17, 15) is 0 Å². The van der Waals surface area contributed by atoms with E-state index in [0.29, 0.717) is 23.5 Å². The number of hydrazine groups is 1. The minimum absolute atomic E-state index is 0.370. The highest BCUT2D eigenvalue weighted by Crippen LogP contribution is 2.23. The molecule has 6 nitrogen and oxygen atoms in total. The van der Waals surface area contributed by atoms with Crippen molar-refractivity contribution >= 4 is 5.82 Å². The van der Waals surface area contributed by atoms with Crippen LogP contribution in [0.15, 0.2) is 18.2 Å². The summed E-state index contributed by atoms with van der Waals surface area (Å²) in [5, 5.41) is 12.7. The van der Waals surface area contributed by atoms with Crippen LogP contribution in [0.4, 0.5) is 5.82 Å². The summed E-state index contributed by atoms with van der Waals surface area (Å²) >= 11 is 0. The number of rotatable bonds is 4. The van der Waals surface area contributed by atoms with Crippen LogP contribution in [-0.2, 0) is 0 Å². The first-order valence-corrected chi connectivity index (χ1v) is 6.43. The number of aromatic nitrogens is 4. The van der Waals surface area contributed by atoms with Gasteiger partial charge in [0.1, 0.15) is 0 Å². The fourth-order valence-electron chi connectivity index (χ4n) is 1.81. The Morgan fingerprint density at radius 3 is 2.32 bits per heavy atom. The third-order valence-corrected chi connectivity index (χ3v) is 2.95. The first kappa shape index (κ1) is 13.5. The minimum atomic E-state index is 0.370. The highest BCUT2D eigenvalue weighted by atomic mass is 15.4. The second-order valence-electron chi connectivity index (χ2n) is 5.14. The van der Waals surface area contributed by atoms with Crippen LogP contribution < -0.4 is 11.3 Å². The first-order chi connectivity index (χ1) is 9.02. The zero-order valence-corrected chi connectivity index (χ0v) is 11.8. The fraction of sp³-hybridized carbons (Fsp3) is 0.462. The van der Waals surface area contributed by atoms with E-state index in [0.717, 1.165) is 11.4 Å². The molecule has 2 rings (SSSR count). The summed E-state index contributed by atoms with van der Waals surface area (Å²) in [6.07, 6.45) is 0. The Bertz CT molecular complexity index is 541. The molecular weight excluding hydrogens is 240 g/mol. The molecule has 6 heteroatoms. The Labute approximate surface area is 113 Å². The van der Waals surface area contributed by atoms with E-state index in [2.05, 4.69) is 54.5 Å². The highest BCUT2D eigenvalue weighted by molar-refractivity contribution is 5.36. The average molecular weight is 260 g/mol. The van der Waals surface area contributed by atoms with Gasteiger partial charge >= 0.3 is 0 Å². The third kappa shape index (κ3) is 2.73. The molecule has 0 aliphatic heterocycles. The topological polar surface area (TPSA) is 81.7 Å². The summed E-state index contributed by atoms with van der Waals surface area (Å²) in [4.78, 5) is 0. The van der Waals surface area contributed by atoms with Gasteiger partial charge in [-0.25, -0.2) is 10.5 Å². The van der Waals surface area contributed by atoms with E-state index in [1.165, 1.54) is 0 Å².